The zero-order valence-electron chi connectivity index (χ0n) is 11.6. The molecule has 1 N–H and O–H groups in total. The van der Waals surface area contributed by atoms with Gasteiger partial charge < -0.3 is 10.1 Å². The molecule has 3 nitrogen and oxygen atoms in total. The van der Waals surface area contributed by atoms with E-state index in [4.69, 9.17) is 4.74 Å². The summed E-state index contributed by atoms with van der Waals surface area (Å²) < 4.78 is 5.30. The van der Waals surface area contributed by atoms with Crippen LogP contribution in [0.25, 0.3) is 0 Å². The fourth-order valence-electron chi connectivity index (χ4n) is 1.99. The first-order chi connectivity index (χ1) is 9.25. The van der Waals surface area contributed by atoms with Crippen LogP contribution in [0.4, 0.5) is 0 Å². The van der Waals surface area contributed by atoms with Gasteiger partial charge in [0.15, 0.2) is 0 Å². The Balaban J connectivity index is 1.58. The summed E-state index contributed by atoms with van der Waals surface area (Å²) in [6.45, 7) is 4.00. The molecule has 1 aromatic carbocycles. The number of nitrogens with one attached hydrogen (secondary N) is 1. The number of hydrogen-bond acceptors (Lipinski definition) is 3. The first kappa shape index (κ1) is 14.1. The lowest BCUT2D eigenvalue weighted by atomic mass is 10.2. The maximum absolute atomic E-state index is 11.8. The fraction of sp³-hybridized carbons (Fsp3) is 0.562. The molecule has 0 saturated heterocycles. The van der Waals surface area contributed by atoms with E-state index < -0.39 is 0 Å². The Hall–Kier alpha value is -1.35. The number of esters is 1. The Morgan fingerprint density at radius 1 is 1.37 bits per heavy atom. The van der Waals surface area contributed by atoms with Crippen LogP contribution in [-0.2, 0) is 16.1 Å². The predicted octanol–water partition coefficient (Wildman–Crippen LogP) is 2.76. The van der Waals surface area contributed by atoms with Crippen LogP contribution < -0.4 is 5.32 Å². The van der Waals surface area contributed by atoms with Crippen molar-refractivity contribution in [3.8, 4) is 0 Å². The summed E-state index contributed by atoms with van der Waals surface area (Å²) >= 11 is 0. The van der Waals surface area contributed by atoms with E-state index in [0.717, 1.165) is 18.0 Å². The van der Waals surface area contributed by atoms with E-state index in [1.807, 2.05) is 37.3 Å². The van der Waals surface area contributed by atoms with Crippen molar-refractivity contribution in [3.63, 3.8) is 0 Å². The van der Waals surface area contributed by atoms with Gasteiger partial charge in [-0.05, 0) is 24.4 Å². The number of benzene rings is 1. The third kappa shape index (κ3) is 5.43. The summed E-state index contributed by atoms with van der Waals surface area (Å²) in [6.07, 6.45) is 4.01. The van der Waals surface area contributed by atoms with E-state index in [1.165, 1.54) is 19.3 Å². The van der Waals surface area contributed by atoms with Gasteiger partial charge in [0.1, 0.15) is 6.61 Å². The molecule has 1 aliphatic carbocycles. The number of hydrogen-bond donors (Lipinski definition) is 1. The molecule has 1 aromatic rings. The molecule has 0 amide bonds. The van der Waals surface area contributed by atoms with E-state index in [1.54, 1.807) is 0 Å². The highest BCUT2D eigenvalue weighted by molar-refractivity contribution is 5.72. The van der Waals surface area contributed by atoms with Crippen LogP contribution in [0.1, 0.15) is 31.7 Å². The monoisotopic (exact) mass is 261 g/mol. The maximum atomic E-state index is 11.8. The molecule has 1 unspecified atom stereocenters. The summed E-state index contributed by atoms with van der Waals surface area (Å²) in [6, 6.07) is 9.79. The number of ether oxygens (including phenoxy) is 1. The lowest BCUT2D eigenvalue weighted by molar-refractivity contribution is -0.149. The van der Waals surface area contributed by atoms with E-state index in [-0.39, 0.29) is 11.9 Å². The fourth-order valence-corrected chi connectivity index (χ4v) is 1.99. The summed E-state index contributed by atoms with van der Waals surface area (Å²) in [5, 5.41) is 3.33. The van der Waals surface area contributed by atoms with Crippen molar-refractivity contribution in [2.45, 2.75) is 32.8 Å². The topological polar surface area (TPSA) is 38.3 Å². The zero-order valence-corrected chi connectivity index (χ0v) is 11.6. The maximum Gasteiger partial charge on any atom is 0.310 e. The molecular formula is C16H23NO2. The molecule has 0 aromatic heterocycles. The minimum Gasteiger partial charge on any atom is -0.461 e. The van der Waals surface area contributed by atoms with E-state index >= 15 is 0 Å². The Bertz CT molecular complexity index is 387. The lowest BCUT2D eigenvalue weighted by Crippen LogP contribution is -2.28. The van der Waals surface area contributed by atoms with E-state index in [9.17, 15) is 4.79 Å². The van der Waals surface area contributed by atoms with Gasteiger partial charge in [-0.1, -0.05) is 50.1 Å². The highest BCUT2D eigenvalue weighted by Gasteiger charge is 2.20. The van der Waals surface area contributed by atoms with Crippen LogP contribution in [0, 0.1) is 11.8 Å². The first-order valence-corrected chi connectivity index (χ1v) is 7.17. The second-order valence-electron chi connectivity index (χ2n) is 5.43. The Labute approximate surface area is 115 Å². The van der Waals surface area contributed by atoms with Crippen molar-refractivity contribution in [2.75, 3.05) is 13.1 Å². The van der Waals surface area contributed by atoms with Crippen LogP contribution >= 0.6 is 0 Å². The second-order valence-corrected chi connectivity index (χ2v) is 5.43. The third-order valence-electron chi connectivity index (χ3n) is 3.50. The molecule has 2 rings (SSSR count). The Morgan fingerprint density at radius 2 is 2.11 bits per heavy atom. The Morgan fingerprint density at radius 3 is 2.79 bits per heavy atom. The van der Waals surface area contributed by atoms with Crippen molar-refractivity contribution in [2.24, 2.45) is 11.8 Å². The molecule has 0 aliphatic heterocycles. The molecule has 0 radical (unpaired) electrons. The molecule has 104 valence electrons. The van der Waals surface area contributed by atoms with Crippen LogP contribution in [0.15, 0.2) is 30.3 Å². The number of carbonyl (C=O) groups is 1. The highest BCUT2D eigenvalue weighted by atomic mass is 16.5. The molecule has 0 bridgehead atoms. The molecule has 1 atom stereocenters. The van der Waals surface area contributed by atoms with Gasteiger partial charge >= 0.3 is 5.97 Å². The van der Waals surface area contributed by atoms with Crippen molar-refractivity contribution in [3.05, 3.63) is 35.9 Å². The third-order valence-corrected chi connectivity index (χ3v) is 3.50. The molecular weight excluding hydrogens is 238 g/mol. The molecule has 0 spiro atoms. The van der Waals surface area contributed by atoms with Gasteiger partial charge in [0.05, 0.1) is 5.92 Å². The average molecular weight is 261 g/mol. The van der Waals surface area contributed by atoms with Gasteiger partial charge in [-0.25, -0.2) is 0 Å². The molecule has 0 heterocycles. The van der Waals surface area contributed by atoms with Crippen molar-refractivity contribution in [1.82, 2.24) is 5.32 Å². The summed E-state index contributed by atoms with van der Waals surface area (Å²) in [5.74, 6) is 0.735. The van der Waals surface area contributed by atoms with Gasteiger partial charge in [0.2, 0.25) is 0 Å². The van der Waals surface area contributed by atoms with Gasteiger partial charge in [-0.15, -0.1) is 0 Å². The SMILES string of the molecule is CC(CNCCC1CC1)C(=O)OCc1ccccc1. The summed E-state index contributed by atoms with van der Waals surface area (Å²) in [4.78, 5) is 11.8. The lowest BCUT2D eigenvalue weighted by Gasteiger charge is -2.12. The van der Waals surface area contributed by atoms with E-state index in [0.29, 0.717) is 13.2 Å². The van der Waals surface area contributed by atoms with Crippen LogP contribution in [0.2, 0.25) is 0 Å². The molecule has 19 heavy (non-hydrogen) atoms. The van der Waals surface area contributed by atoms with Crippen LogP contribution in [0.3, 0.4) is 0 Å². The zero-order chi connectivity index (χ0) is 13.5. The number of carbonyl (C=O) groups excluding carboxylic acids is 1. The number of rotatable bonds is 8. The summed E-state index contributed by atoms with van der Waals surface area (Å²) in [7, 11) is 0. The molecule has 1 saturated carbocycles. The van der Waals surface area contributed by atoms with Crippen LogP contribution in [-0.4, -0.2) is 19.1 Å². The average Bonchev–Trinajstić information content (AvgIpc) is 3.26. The van der Waals surface area contributed by atoms with Gasteiger partial charge in [0.25, 0.3) is 0 Å². The van der Waals surface area contributed by atoms with Crippen molar-refractivity contribution >= 4 is 5.97 Å². The standard InChI is InChI=1S/C16H23NO2/c1-13(11-17-10-9-14-7-8-14)16(18)19-12-15-5-3-2-4-6-15/h2-6,13-14,17H,7-12H2,1H3. The first-order valence-electron chi connectivity index (χ1n) is 7.17. The minimum absolute atomic E-state index is 0.0806. The minimum atomic E-state index is -0.122. The molecule has 1 aliphatic rings. The molecule has 1 fully saturated rings. The predicted molar refractivity (Wildman–Crippen MR) is 75.6 cm³/mol. The highest BCUT2D eigenvalue weighted by Crippen LogP contribution is 2.31. The second kappa shape index (κ2) is 7.29. The smallest absolute Gasteiger partial charge is 0.310 e. The van der Waals surface area contributed by atoms with E-state index in [2.05, 4.69) is 5.32 Å². The largest absolute Gasteiger partial charge is 0.461 e. The van der Waals surface area contributed by atoms with Gasteiger partial charge in [0, 0.05) is 6.54 Å². The Kier molecular flexibility index (Phi) is 5.40. The van der Waals surface area contributed by atoms with Crippen molar-refractivity contribution < 1.29 is 9.53 Å². The molecule has 3 heteroatoms. The summed E-state index contributed by atoms with van der Waals surface area (Å²) in [5.41, 5.74) is 1.03. The van der Waals surface area contributed by atoms with Gasteiger partial charge in [-0.3, -0.25) is 4.79 Å². The van der Waals surface area contributed by atoms with Gasteiger partial charge in [-0.2, -0.15) is 0 Å². The normalized spacial score (nSPS) is 16.1. The van der Waals surface area contributed by atoms with Crippen molar-refractivity contribution in [1.29, 1.82) is 0 Å². The van der Waals surface area contributed by atoms with Crippen LogP contribution in [0.5, 0.6) is 0 Å². The quantitative estimate of drug-likeness (QED) is 0.577.